The fraction of sp³-hybridized carbons (Fsp3) is 0.500. The van der Waals surface area contributed by atoms with E-state index in [-0.39, 0.29) is 11.7 Å². The lowest BCUT2D eigenvalue weighted by Gasteiger charge is -2.25. The summed E-state index contributed by atoms with van der Waals surface area (Å²) in [4.78, 5) is 3.95. The van der Waals surface area contributed by atoms with Crippen molar-refractivity contribution in [2.45, 2.75) is 31.4 Å². The van der Waals surface area contributed by atoms with Gasteiger partial charge in [0, 0.05) is 11.6 Å². The summed E-state index contributed by atoms with van der Waals surface area (Å²) in [5.74, 6) is 0.112. The molecule has 0 atom stereocenters. The van der Waals surface area contributed by atoms with Gasteiger partial charge in [0.1, 0.15) is 5.82 Å². The van der Waals surface area contributed by atoms with Gasteiger partial charge in [-0.2, -0.15) is 13.2 Å². The molecule has 2 nitrogen and oxygen atoms in total. The summed E-state index contributed by atoms with van der Waals surface area (Å²) in [7, 11) is 0. The topological polar surface area (TPSA) is 38.9 Å². The number of anilines is 1. The molecular weight excluding hydrogens is 205 g/mol. The summed E-state index contributed by atoms with van der Waals surface area (Å²) in [6, 6.07) is 1.99. The van der Waals surface area contributed by atoms with Gasteiger partial charge in [0.25, 0.3) is 0 Å². The van der Waals surface area contributed by atoms with Crippen molar-refractivity contribution in [1.29, 1.82) is 0 Å². The zero-order valence-corrected chi connectivity index (χ0v) is 8.01. The molecule has 82 valence electrons. The van der Waals surface area contributed by atoms with Crippen LogP contribution in [0, 0.1) is 0 Å². The zero-order chi connectivity index (χ0) is 11.1. The van der Waals surface area contributed by atoms with Gasteiger partial charge in [-0.15, -0.1) is 0 Å². The molecule has 1 aliphatic carbocycles. The molecule has 2 rings (SSSR count). The van der Waals surface area contributed by atoms with Crippen molar-refractivity contribution in [1.82, 2.24) is 4.98 Å². The number of pyridine rings is 1. The van der Waals surface area contributed by atoms with Crippen LogP contribution in [0.1, 0.15) is 36.4 Å². The van der Waals surface area contributed by atoms with Crippen LogP contribution in [0.4, 0.5) is 19.0 Å². The fourth-order valence-electron chi connectivity index (χ4n) is 1.65. The maximum absolute atomic E-state index is 12.4. The second-order valence-corrected chi connectivity index (χ2v) is 3.83. The Morgan fingerprint density at radius 1 is 1.27 bits per heavy atom. The molecule has 0 unspecified atom stereocenters. The van der Waals surface area contributed by atoms with Crippen molar-refractivity contribution in [3.63, 3.8) is 0 Å². The van der Waals surface area contributed by atoms with E-state index in [9.17, 15) is 13.2 Å². The van der Waals surface area contributed by atoms with Crippen molar-refractivity contribution in [3.05, 3.63) is 23.4 Å². The highest BCUT2D eigenvalue weighted by molar-refractivity contribution is 5.37. The minimum atomic E-state index is -4.34. The van der Waals surface area contributed by atoms with Gasteiger partial charge in [-0.05, 0) is 25.0 Å². The van der Waals surface area contributed by atoms with Crippen LogP contribution in [0.15, 0.2) is 12.1 Å². The summed E-state index contributed by atoms with van der Waals surface area (Å²) in [5, 5.41) is 0. The highest BCUT2D eigenvalue weighted by Crippen LogP contribution is 2.38. The van der Waals surface area contributed by atoms with Gasteiger partial charge in [-0.3, -0.25) is 0 Å². The third-order valence-electron chi connectivity index (χ3n) is 2.72. The molecule has 1 aromatic rings. The molecule has 0 radical (unpaired) electrons. The van der Waals surface area contributed by atoms with Crippen LogP contribution >= 0.6 is 0 Å². The maximum atomic E-state index is 12.4. The number of rotatable bonds is 1. The number of aromatic nitrogens is 1. The van der Waals surface area contributed by atoms with Crippen LogP contribution in [0.2, 0.25) is 0 Å². The number of halogens is 3. The summed E-state index contributed by atoms with van der Waals surface area (Å²) < 4.78 is 37.3. The van der Waals surface area contributed by atoms with Gasteiger partial charge < -0.3 is 5.73 Å². The Kier molecular flexibility index (Phi) is 2.32. The number of nitrogen functional groups attached to an aromatic ring is 1. The SMILES string of the molecule is Nc1cc(C(F)(F)F)cc(C2CCC2)n1. The highest BCUT2D eigenvalue weighted by atomic mass is 19.4. The predicted octanol–water partition coefficient (Wildman–Crippen LogP) is 2.95. The lowest BCUT2D eigenvalue weighted by atomic mass is 9.82. The molecule has 0 aromatic carbocycles. The van der Waals surface area contributed by atoms with Crippen molar-refractivity contribution in [3.8, 4) is 0 Å². The van der Waals surface area contributed by atoms with Gasteiger partial charge in [0.15, 0.2) is 0 Å². The van der Waals surface area contributed by atoms with Gasteiger partial charge in [-0.25, -0.2) is 4.98 Å². The first-order valence-corrected chi connectivity index (χ1v) is 4.81. The molecule has 0 bridgehead atoms. The summed E-state index contributed by atoms with van der Waals surface area (Å²) in [5.41, 5.74) is 5.14. The first-order valence-electron chi connectivity index (χ1n) is 4.81. The van der Waals surface area contributed by atoms with Crippen LogP contribution in [0.3, 0.4) is 0 Å². The Balaban J connectivity index is 2.36. The second kappa shape index (κ2) is 3.40. The van der Waals surface area contributed by atoms with E-state index in [0.29, 0.717) is 5.69 Å². The Morgan fingerprint density at radius 2 is 1.93 bits per heavy atom. The third-order valence-corrected chi connectivity index (χ3v) is 2.72. The molecule has 0 amide bonds. The normalized spacial score (nSPS) is 17.5. The number of hydrogen-bond donors (Lipinski definition) is 1. The van der Waals surface area contributed by atoms with Gasteiger partial charge in [0.05, 0.1) is 5.56 Å². The number of alkyl halides is 3. The van der Waals surface area contributed by atoms with Crippen LogP contribution in [-0.4, -0.2) is 4.98 Å². The fourth-order valence-corrected chi connectivity index (χ4v) is 1.65. The molecule has 0 aliphatic heterocycles. The molecule has 0 saturated heterocycles. The van der Waals surface area contributed by atoms with E-state index in [4.69, 9.17) is 5.73 Å². The summed E-state index contributed by atoms with van der Waals surface area (Å²) in [6.45, 7) is 0. The minimum absolute atomic E-state index is 0.0493. The van der Waals surface area contributed by atoms with E-state index in [2.05, 4.69) is 4.98 Å². The molecule has 1 aliphatic rings. The quantitative estimate of drug-likeness (QED) is 0.783. The lowest BCUT2D eigenvalue weighted by molar-refractivity contribution is -0.137. The minimum Gasteiger partial charge on any atom is -0.384 e. The van der Waals surface area contributed by atoms with Crippen LogP contribution in [0.5, 0.6) is 0 Å². The number of hydrogen-bond acceptors (Lipinski definition) is 2. The summed E-state index contributed by atoms with van der Waals surface area (Å²) in [6.07, 6.45) is -1.46. The first kappa shape index (κ1) is 10.3. The van der Waals surface area contributed by atoms with Crippen LogP contribution in [0.25, 0.3) is 0 Å². The smallest absolute Gasteiger partial charge is 0.384 e. The average Bonchev–Trinajstić information content (AvgIpc) is 1.97. The van der Waals surface area contributed by atoms with Gasteiger partial charge >= 0.3 is 6.18 Å². The van der Waals surface area contributed by atoms with E-state index in [0.717, 1.165) is 31.4 Å². The molecule has 5 heteroatoms. The molecule has 1 fully saturated rings. The molecule has 15 heavy (non-hydrogen) atoms. The predicted molar refractivity (Wildman–Crippen MR) is 50.2 cm³/mol. The first-order chi connectivity index (χ1) is 6.97. The molecule has 1 heterocycles. The van der Waals surface area contributed by atoms with E-state index in [1.54, 1.807) is 0 Å². The highest BCUT2D eigenvalue weighted by Gasteiger charge is 2.32. The summed E-state index contributed by atoms with van der Waals surface area (Å²) >= 11 is 0. The standard InChI is InChI=1S/C10H11F3N2/c11-10(12,13)7-4-8(6-2-1-3-6)15-9(14)5-7/h4-6H,1-3H2,(H2,14,15). The Labute approximate surface area is 85.3 Å². The van der Waals surface area contributed by atoms with E-state index in [1.807, 2.05) is 0 Å². The van der Waals surface area contributed by atoms with Crippen molar-refractivity contribution in [2.24, 2.45) is 0 Å². The molecule has 1 aromatic heterocycles. The monoisotopic (exact) mass is 216 g/mol. The largest absolute Gasteiger partial charge is 0.416 e. The van der Waals surface area contributed by atoms with Gasteiger partial charge in [-0.1, -0.05) is 6.42 Å². The Morgan fingerprint density at radius 3 is 2.40 bits per heavy atom. The Bertz CT molecular complexity index is 369. The molecule has 2 N–H and O–H groups in total. The molecular formula is C10H11F3N2. The average molecular weight is 216 g/mol. The lowest BCUT2D eigenvalue weighted by Crippen LogP contribution is -2.14. The third kappa shape index (κ3) is 2.06. The zero-order valence-electron chi connectivity index (χ0n) is 8.01. The van der Waals surface area contributed by atoms with Crippen LogP contribution < -0.4 is 5.73 Å². The van der Waals surface area contributed by atoms with Crippen molar-refractivity contribution >= 4 is 5.82 Å². The van der Waals surface area contributed by atoms with E-state index in [1.165, 1.54) is 0 Å². The molecule has 1 saturated carbocycles. The second-order valence-electron chi connectivity index (χ2n) is 3.83. The van der Waals surface area contributed by atoms with Crippen molar-refractivity contribution < 1.29 is 13.2 Å². The van der Waals surface area contributed by atoms with E-state index >= 15 is 0 Å². The number of nitrogens with two attached hydrogens (primary N) is 1. The van der Waals surface area contributed by atoms with Gasteiger partial charge in [0.2, 0.25) is 0 Å². The Hall–Kier alpha value is -1.26. The maximum Gasteiger partial charge on any atom is 0.416 e. The molecule has 0 spiro atoms. The van der Waals surface area contributed by atoms with Crippen molar-refractivity contribution in [2.75, 3.05) is 5.73 Å². The number of nitrogens with zero attached hydrogens (tertiary/aromatic N) is 1. The van der Waals surface area contributed by atoms with Crippen LogP contribution in [-0.2, 0) is 6.18 Å². The van der Waals surface area contributed by atoms with E-state index < -0.39 is 11.7 Å².